The zero-order chi connectivity index (χ0) is 17.6. The number of carbonyl (C=O) groups is 1. The molecule has 0 saturated heterocycles. The van der Waals surface area contributed by atoms with Crippen LogP contribution in [0.1, 0.15) is 23.7 Å². The van der Waals surface area contributed by atoms with E-state index in [2.05, 4.69) is 10.2 Å². The van der Waals surface area contributed by atoms with Crippen molar-refractivity contribution in [2.45, 2.75) is 25.0 Å². The Balaban J connectivity index is 1.67. The van der Waals surface area contributed by atoms with Crippen LogP contribution >= 0.6 is 11.8 Å². The van der Waals surface area contributed by atoms with Gasteiger partial charge in [0.05, 0.1) is 5.75 Å². The zero-order valence-corrected chi connectivity index (χ0v) is 14.8. The number of ketones is 1. The number of aromatic nitrogens is 3. The summed E-state index contributed by atoms with van der Waals surface area (Å²) in [7, 11) is 0. The van der Waals surface area contributed by atoms with Gasteiger partial charge in [0.15, 0.2) is 10.9 Å². The Hall–Kier alpha value is -2.60. The largest absolute Gasteiger partial charge is 0.343 e. The van der Waals surface area contributed by atoms with E-state index in [1.807, 2.05) is 61.5 Å². The lowest BCUT2D eigenvalue weighted by Crippen LogP contribution is -2.17. The van der Waals surface area contributed by atoms with Crippen molar-refractivity contribution in [2.75, 3.05) is 5.75 Å². The third-order valence-electron chi connectivity index (χ3n) is 3.82. The molecule has 0 aliphatic rings. The summed E-state index contributed by atoms with van der Waals surface area (Å²) in [5.41, 5.74) is 2.63. The minimum atomic E-state index is -0.232. The number of Topliss-reactive ketones (excluding diaryl/α,β-unsaturated/α-hetero) is 1. The van der Waals surface area contributed by atoms with Crippen LogP contribution in [0, 0.1) is 0 Å². The molecule has 0 fully saturated rings. The average Bonchev–Trinajstić information content (AvgIpc) is 3.01. The highest BCUT2D eigenvalue weighted by molar-refractivity contribution is 7.99. The predicted molar refractivity (Wildman–Crippen MR) is 100 cm³/mol. The second-order valence-corrected chi connectivity index (χ2v) is 6.56. The molecule has 1 N–H and O–H groups in total. The van der Waals surface area contributed by atoms with Gasteiger partial charge in [-0.05, 0) is 17.5 Å². The van der Waals surface area contributed by atoms with Crippen molar-refractivity contribution in [3.63, 3.8) is 0 Å². The normalized spacial score (nSPS) is 10.8. The highest BCUT2D eigenvalue weighted by atomic mass is 32.2. The van der Waals surface area contributed by atoms with Crippen LogP contribution in [-0.4, -0.2) is 26.3 Å². The van der Waals surface area contributed by atoms with Crippen molar-refractivity contribution in [1.82, 2.24) is 14.8 Å². The first kappa shape index (κ1) is 17.2. The number of thioether (sulfide) groups is 1. The van der Waals surface area contributed by atoms with Crippen LogP contribution in [0.5, 0.6) is 0 Å². The van der Waals surface area contributed by atoms with Crippen molar-refractivity contribution in [2.24, 2.45) is 0 Å². The Kier molecular flexibility index (Phi) is 5.50. The Bertz CT molecular complexity index is 898. The van der Waals surface area contributed by atoms with E-state index in [-0.39, 0.29) is 17.2 Å². The lowest BCUT2D eigenvalue weighted by molar-refractivity contribution is 0.102. The lowest BCUT2D eigenvalue weighted by Gasteiger charge is -2.05. The number of benzene rings is 2. The maximum Gasteiger partial charge on any atom is 0.343 e. The third kappa shape index (κ3) is 4.09. The third-order valence-corrected chi connectivity index (χ3v) is 4.79. The molecule has 0 saturated carbocycles. The van der Waals surface area contributed by atoms with Gasteiger partial charge in [-0.3, -0.25) is 9.36 Å². The summed E-state index contributed by atoms with van der Waals surface area (Å²) in [6, 6.07) is 17.6. The number of aromatic amines is 1. The summed E-state index contributed by atoms with van der Waals surface area (Å²) in [5, 5.41) is 6.98. The van der Waals surface area contributed by atoms with Gasteiger partial charge in [-0.25, -0.2) is 9.89 Å². The van der Waals surface area contributed by atoms with Crippen LogP contribution in [0.2, 0.25) is 0 Å². The lowest BCUT2D eigenvalue weighted by atomic mass is 10.0. The van der Waals surface area contributed by atoms with E-state index in [0.29, 0.717) is 17.3 Å². The number of nitrogens with one attached hydrogen (secondary N) is 1. The quantitative estimate of drug-likeness (QED) is 0.520. The van der Waals surface area contributed by atoms with Gasteiger partial charge in [-0.2, -0.15) is 0 Å². The van der Waals surface area contributed by atoms with Gasteiger partial charge in [0.2, 0.25) is 0 Å². The van der Waals surface area contributed by atoms with E-state index in [9.17, 15) is 9.59 Å². The second-order valence-electron chi connectivity index (χ2n) is 5.62. The van der Waals surface area contributed by atoms with Crippen LogP contribution < -0.4 is 5.69 Å². The average molecular weight is 353 g/mol. The Morgan fingerprint density at radius 2 is 1.76 bits per heavy atom. The molecular formula is C19H19N3O2S. The molecule has 1 aromatic heterocycles. The van der Waals surface area contributed by atoms with Crippen LogP contribution in [0.3, 0.4) is 0 Å². The van der Waals surface area contributed by atoms with Crippen LogP contribution in [-0.2, 0) is 6.54 Å². The number of hydrogen-bond donors (Lipinski definition) is 1. The fourth-order valence-corrected chi connectivity index (χ4v) is 3.39. The minimum Gasteiger partial charge on any atom is -0.293 e. The molecule has 5 nitrogen and oxygen atoms in total. The minimum absolute atomic E-state index is 0.0168. The van der Waals surface area contributed by atoms with Gasteiger partial charge in [0.1, 0.15) is 0 Å². The first-order valence-electron chi connectivity index (χ1n) is 8.15. The summed E-state index contributed by atoms with van der Waals surface area (Å²) in [4.78, 5) is 24.1. The van der Waals surface area contributed by atoms with E-state index >= 15 is 0 Å². The van der Waals surface area contributed by atoms with Gasteiger partial charge in [0.25, 0.3) is 0 Å². The van der Waals surface area contributed by atoms with E-state index in [0.717, 1.165) is 17.5 Å². The summed E-state index contributed by atoms with van der Waals surface area (Å²) in [5.74, 6) is 0.265. The van der Waals surface area contributed by atoms with Gasteiger partial charge < -0.3 is 0 Å². The van der Waals surface area contributed by atoms with Gasteiger partial charge in [0, 0.05) is 12.1 Å². The number of nitrogens with zero attached hydrogens (tertiary/aromatic N) is 2. The molecule has 0 aliphatic heterocycles. The molecule has 0 bridgehead atoms. The van der Waals surface area contributed by atoms with Gasteiger partial charge in [-0.1, -0.05) is 73.3 Å². The van der Waals surface area contributed by atoms with E-state index in [1.54, 1.807) is 4.57 Å². The molecular weight excluding hydrogens is 334 g/mol. The maximum atomic E-state index is 12.4. The smallest absolute Gasteiger partial charge is 0.293 e. The number of H-pyrrole nitrogens is 1. The van der Waals surface area contributed by atoms with Crippen molar-refractivity contribution >= 4 is 17.5 Å². The highest BCUT2D eigenvalue weighted by Crippen LogP contribution is 2.21. The topological polar surface area (TPSA) is 67.8 Å². The van der Waals surface area contributed by atoms with Crippen molar-refractivity contribution in [1.29, 1.82) is 0 Å². The Labute approximate surface area is 150 Å². The fraction of sp³-hybridized carbons (Fsp3) is 0.211. The molecule has 0 spiro atoms. The molecule has 3 rings (SSSR count). The number of carbonyl (C=O) groups excluding carboxylic acids is 1. The molecule has 0 atom stereocenters. The van der Waals surface area contributed by atoms with Crippen LogP contribution in [0.25, 0.3) is 11.1 Å². The molecule has 3 aromatic rings. The van der Waals surface area contributed by atoms with Crippen LogP contribution in [0.4, 0.5) is 0 Å². The van der Waals surface area contributed by atoms with Crippen molar-refractivity contribution in [3.8, 4) is 11.1 Å². The molecule has 0 radical (unpaired) electrons. The summed E-state index contributed by atoms with van der Waals surface area (Å²) in [6.45, 7) is 2.59. The highest BCUT2D eigenvalue weighted by Gasteiger charge is 2.12. The summed E-state index contributed by atoms with van der Waals surface area (Å²) >= 11 is 1.28. The predicted octanol–water partition coefficient (Wildman–Crippen LogP) is 3.62. The standard InChI is InChI=1S/C19H19N3O2S/c1-2-12-22-18(24)20-21-19(22)25-13-17(23)16-10-8-15(9-11-16)14-6-4-3-5-7-14/h3-11H,2,12-13H2,1H3,(H,20,24). The number of hydrogen-bond acceptors (Lipinski definition) is 4. The second kappa shape index (κ2) is 7.98. The fourth-order valence-electron chi connectivity index (χ4n) is 2.53. The van der Waals surface area contributed by atoms with Crippen molar-refractivity contribution < 1.29 is 4.79 Å². The first-order valence-corrected chi connectivity index (χ1v) is 9.14. The van der Waals surface area contributed by atoms with Gasteiger partial charge in [-0.15, -0.1) is 5.10 Å². The monoisotopic (exact) mass is 353 g/mol. The first-order chi connectivity index (χ1) is 12.2. The van der Waals surface area contributed by atoms with E-state index < -0.39 is 0 Å². The zero-order valence-electron chi connectivity index (χ0n) is 13.9. The Morgan fingerprint density at radius 1 is 1.08 bits per heavy atom. The number of rotatable bonds is 7. The molecule has 0 unspecified atom stereocenters. The Morgan fingerprint density at radius 3 is 2.44 bits per heavy atom. The van der Waals surface area contributed by atoms with Crippen LogP contribution in [0.15, 0.2) is 64.5 Å². The van der Waals surface area contributed by atoms with E-state index in [1.165, 1.54) is 11.8 Å². The van der Waals surface area contributed by atoms with E-state index in [4.69, 9.17) is 0 Å². The molecule has 25 heavy (non-hydrogen) atoms. The molecule has 0 aliphatic carbocycles. The van der Waals surface area contributed by atoms with Crippen molar-refractivity contribution in [3.05, 3.63) is 70.6 Å². The molecule has 1 heterocycles. The summed E-state index contributed by atoms with van der Waals surface area (Å²) in [6.07, 6.45) is 0.835. The molecule has 128 valence electrons. The van der Waals surface area contributed by atoms with Gasteiger partial charge >= 0.3 is 5.69 Å². The molecule has 2 aromatic carbocycles. The molecule has 0 amide bonds. The summed E-state index contributed by atoms with van der Waals surface area (Å²) < 4.78 is 1.57. The molecule has 6 heteroatoms. The SMILES string of the molecule is CCCn1c(SCC(=O)c2ccc(-c3ccccc3)cc2)n[nH]c1=O. The maximum absolute atomic E-state index is 12.4.